The number of allylic oxidation sites excluding steroid dienone is 1. The number of carboxylic acid groups (broad SMARTS) is 1. The predicted octanol–water partition coefficient (Wildman–Crippen LogP) is 3.08. The van der Waals surface area contributed by atoms with E-state index in [-0.39, 0.29) is 12.1 Å². The number of para-hydroxylation sites is 1. The molecule has 1 heterocycles. The second kappa shape index (κ2) is 4.16. The van der Waals surface area contributed by atoms with Crippen molar-refractivity contribution in [2.75, 3.05) is 11.4 Å². The lowest BCUT2D eigenvalue weighted by atomic mass is 9.87. The zero-order valence-electron chi connectivity index (χ0n) is 11.3. The molecule has 3 nitrogen and oxygen atoms in total. The molecule has 0 fully saturated rings. The average molecular weight is 245 g/mol. The molecular weight excluding hydrogens is 226 g/mol. The van der Waals surface area contributed by atoms with Gasteiger partial charge in [0.1, 0.15) is 6.54 Å². The molecule has 2 rings (SSSR count). The van der Waals surface area contributed by atoms with E-state index >= 15 is 0 Å². The Hall–Kier alpha value is -1.77. The van der Waals surface area contributed by atoms with Gasteiger partial charge in [0.05, 0.1) is 5.54 Å². The van der Waals surface area contributed by atoms with E-state index in [1.807, 2.05) is 24.0 Å². The number of carboxylic acids is 1. The van der Waals surface area contributed by atoms with E-state index < -0.39 is 5.97 Å². The zero-order valence-corrected chi connectivity index (χ0v) is 11.3. The van der Waals surface area contributed by atoms with Gasteiger partial charge < -0.3 is 10.0 Å². The molecular formula is C15H19NO2. The van der Waals surface area contributed by atoms with Crippen LogP contribution in [0.3, 0.4) is 0 Å². The van der Waals surface area contributed by atoms with Crippen molar-refractivity contribution < 1.29 is 9.90 Å². The van der Waals surface area contributed by atoms with Crippen molar-refractivity contribution in [2.45, 2.75) is 33.2 Å². The first kappa shape index (κ1) is 12.7. The van der Waals surface area contributed by atoms with Gasteiger partial charge in [-0.05, 0) is 38.8 Å². The third-order valence-electron chi connectivity index (χ3n) is 3.49. The number of benzene rings is 1. The molecule has 0 aliphatic carbocycles. The number of aliphatic carboxylic acids is 1. The standard InChI is InChI=1S/C15H19NO2/c1-10-6-5-7-12-11(2)8-15(3,4)16(14(10)12)9-13(17)18/h5-8H,9H2,1-4H3,(H,17,18). The first-order valence-electron chi connectivity index (χ1n) is 6.12. The molecule has 0 amide bonds. The van der Waals surface area contributed by atoms with Crippen LogP contribution >= 0.6 is 0 Å². The van der Waals surface area contributed by atoms with Gasteiger partial charge in [0.15, 0.2) is 0 Å². The Labute approximate surface area is 108 Å². The molecule has 0 atom stereocenters. The fraction of sp³-hybridized carbons (Fsp3) is 0.400. The van der Waals surface area contributed by atoms with Crippen LogP contribution in [0.5, 0.6) is 0 Å². The molecule has 0 saturated heterocycles. The van der Waals surface area contributed by atoms with E-state index in [9.17, 15) is 4.79 Å². The highest BCUT2D eigenvalue weighted by Gasteiger charge is 2.33. The number of anilines is 1. The highest BCUT2D eigenvalue weighted by atomic mass is 16.4. The minimum Gasteiger partial charge on any atom is -0.480 e. The molecule has 18 heavy (non-hydrogen) atoms. The largest absolute Gasteiger partial charge is 0.480 e. The average Bonchev–Trinajstić information content (AvgIpc) is 2.23. The summed E-state index contributed by atoms with van der Waals surface area (Å²) in [5.74, 6) is -0.801. The Kier molecular flexibility index (Phi) is 2.93. The number of hydrogen-bond donors (Lipinski definition) is 1. The summed E-state index contributed by atoms with van der Waals surface area (Å²) >= 11 is 0. The highest BCUT2D eigenvalue weighted by molar-refractivity contribution is 5.86. The maximum absolute atomic E-state index is 11.1. The van der Waals surface area contributed by atoms with Crippen molar-refractivity contribution in [1.82, 2.24) is 0 Å². The second-order valence-corrected chi connectivity index (χ2v) is 5.43. The van der Waals surface area contributed by atoms with Crippen LogP contribution in [-0.4, -0.2) is 23.2 Å². The van der Waals surface area contributed by atoms with Crippen LogP contribution in [0.2, 0.25) is 0 Å². The van der Waals surface area contributed by atoms with Crippen molar-refractivity contribution >= 4 is 17.2 Å². The molecule has 3 heteroatoms. The first-order valence-corrected chi connectivity index (χ1v) is 6.12. The molecule has 0 saturated carbocycles. The summed E-state index contributed by atoms with van der Waals surface area (Å²) in [5, 5.41) is 9.12. The number of nitrogens with zero attached hydrogens (tertiary/aromatic N) is 1. The van der Waals surface area contributed by atoms with Gasteiger partial charge >= 0.3 is 5.97 Å². The maximum Gasteiger partial charge on any atom is 0.323 e. The van der Waals surface area contributed by atoms with Crippen molar-refractivity contribution in [3.05, 3.63) is 35.4 Å². The van der Waals surface area contributed by atoms with Gasteiger partial charge in [-0.2, -0.15) is 0 Å². The number of aryl methyl sites for hydroxylation is 1. The lowest BCUT2D eigenvalue weighted by Crippen LogP contribution is -2.48. The van der Waals surface area contributed by atoms with Gasteiger partial charge in [0.2, 0.25) is 0 Å². The Morgan fingerprint density at radius 1 is 1.33 bits per heavy atom. The van der Waals surface area contributed by atoms with E-state index in [0.29, 0.717) is 0 Å². The van der Waals surface area contributed by atoms with Crippen molar-refractivity contribution in [1.29, 1.82) is 0 Å². The van der Waals surface area contributed by atoms with Crippen LogP contribution in [0.15, 0.2) is 24.3 Å². The lowest BCUT2D eigenvalue weighted by molar-refractivity contribution is -0.135. The maximum atomic E-state index is 11.1. The molecule has 1 aromatic rings. The minimum absolute atomic E-state index is 0.0225. The van der Waals surface area contributed by atoms with Gasteiger partial charge in [-0.15, -0.1) is 0 Å². The number of rotatable bonds is 2. The summed E-state index contributed by atoms with van der Waals surface area (Å²) < 4.78 is 0. The van der Waals surface area contributed by atoms with Crippen molar-refractivity contribution in [2.24, 2.45) is 0 Å². The van der Waals surface area contributed by atoms with Gasteiger partial charge in [0.25, 0.3) is 0 Å². The Bertz CT molecular complexity index is 529. The monoisotopic (exact) mass is 245 g/mol. The fourth-order valence-electron chi connectivity index (χ4n) is 2.73. The highest BCUT2D eigenvalue weighted by Crippen LogP contribution is 2.40. The Morgan fingerprint density at radius 2 is 2.00 bits per heavy atom. The normalized spacial score (nSPS) is 17.1. The van der Waals surface area contributed by atoms with E-state index in [0.717, 1.165) is 16.8 Å². The summed E-state index contributed by atoms with van der Waals surface area (Å²) in [5.41, 5.74) is 4.23. The number of hydrogen-bond acceptors (Lipinski definition) is 2. The smallest absolute Gasteiger partial charge is 0.323 e. The fourth-order valence-corrected chi connectivity index (χ4v) is 2.73. The molecule has 0 unspecified atom stereocenters. The van der Waals surface area contributed by atoms with E-state index in [1.165, 1.54) is 5.57 Å². The van der Waals surface area contributed by atoms with Crippen molar-refractivity contribution in [3.8, 4) is 0 Å². The second-order valence-electron chi connectivity index (χ2n) is 5.43. The Morgan fingerprint density at radius 3 is 2.61 bits per heavy atom. The van der Waals surface area contributed by atoms with Gasteiger partial charge in [-0.25, -0.2) is 0 Å². The van der Waals surface area contributed by atoms with Crippen LogP contribution in [0, 0.1) is 6.92 Å². The zero-order chi connectivity index (χ0) is 13.5. The molecule has 0 aromatic heterocycles. The van der Waals surface area contributed by atoms with Crippen LogP contribution < -0.4 is 4.90 Å². The molecule has 96 valence electrons. The van der Waals surface area contributed by atoms with Gasteiger partial charge in [-0.3, -0.25) is 4.79 Å². The first-order chi connectivity index (χ1) is 8.33. The summed E-state index contributed by atoms with van der Waals surface area (Å²) in [7, 11) is 0. The third kappa shape index (κ3) is 2.01. The number of fused-ring (bicyclic) bond motifs is 1. The SMILES string of the molecule is CC1=CC(C)(C)N(CC(=O)O)c2c(C)cccc21. The van der Waals surface area contributed by atoms with E-state index in [4.69, 9.17) is 5.11 Å². The third-order valence-corrected chi connectivity index (χ3v) is 3.49. The molecule has 0 radical (unpaired) electrons. The Balaban J connectivity index is 2.63. The summed E-state index contributed by atoms with van der Waals surface area (Å²) in [6, 6.07) is 6.10. The summed E-state index contributed by atoms with van der Waals surface area (Å²) in [6.07, 6.45) is 2.14. The van der Waals surface area contributed by atoms with E-state index in [2.05, 4.69) is 32.9 Å². The van der Waals surface area contributed by atoms with Gasteiger partial charge in [0, 0.05) is 11.3 Å². The van der Waals surface area contributed by atoms with Crippen molar-refractivity contribution in [3.63, 3.8) is 0 Å². The summed E-state index contributed by atoms with van der Waals surface area (Å²) in [4.78, 5) is 13.1. The van der Waals surface area contributed by atoms with Crippen LogP contribution in [0.1, 0.15) is 31.9 Å². The predicted molar refractivity (Wildman–Crippen MR) is 73.9 cm³/mol. The van der Waals surface area contributed by atoms with Crippen LogP contribution in [0.25, 0.3) is 5.57 Å². The molecule has 1 N–H and O–H groups in total. The molecule has 1 aliphatic heterocycles. The molecule has 0 spiro atoms. The minimum atomic E-state index is -0.801. The molecule has 1 aromatic carbocycles. The lowest BCUT2D eigenvalue weighted by Gasteiger charge is -2.43. The van der Waals surface area contributed by atoms with Gasteiger partial charge in [-0.1, -0.05) is 24.3 Å². The number of carbonyl (C=O) groups is 1. The quantitative estimate of drug-likeness (QED) is 0.870. The van der Waals surface area contributed by atoms with Crippen LogP contribution in [0.4, 0.5) is 5.69 Å². The molecule has 0 bridgehead atoms. The topological polar surface area (TPSA) is 40.5 Å². The summed E-state index contributed by atoms with van der Waals surface area (Å²) in [6.45, 7) is 8.23. The van der Waals surface area contributed by atoms with E-state index in [1.54, 1.807) is 0 Å². The molecule has 1 aliphatic rings. The van der Waals surface area contributed by atoms with Crippen LogP contribution in [-0.2, 0) is 4.79 Å².